The van der Waals surface area contributed by atoms with Crippen LogP contribution < -0.4 is 5.32 Å². The van der Waals surface area contributed by atoms with Gasteiger partial charge in [0, 0.05) is 11.5 Å². The van der Waals surface area contributed by atoms with Gasteiger partial charge in [-0.2, -0.15) is 17.5 Å². The van der Waals surface area contributed by atoms with E-state index in [-0.39, 0.29) is 5.13 Å². The standard InChI is InChI=1S/C5H6F3N3S/c1-3-10-4(12-11-3)9-2-5(6,7)8/h2H2,1H3,(H,9,10,11). The maximum Gasteiger partial charge on any atom is 0.405 e. The van der Waals surface area contributed by atoms with Crippen molar-refractivity contribution < 1.29 is 13.2 Å². The Kier molecular flexibility index (Phi) is 2.51. The molecule has 0 amide bonds. The van der Waals surface area contributed by atoms with Gasteiger partial charge in [-0.1, -0.05) is 0 Å². The Morgan fingerprint density at radius 2 is 2.17 bits per heavy atom. The number of rotatable bonds is 2. The zero-order valence-electron chi connectivity index (χ0n) is 6.14. The SMILES string of the molecule is Cc1nsc(NCC(F)(F)F)n1. The van der Waals surface area contributed by atoms with Crippen LogP contribution in [0.5, 0.6) is 0 Å². The van der Waals surface area contributed by atoms with Crippen LogP contribution in [0.4, 0.5) is 18.3 Å². The van der Waals surface area contributed by atoms with Crippen LogP contribution in [0.1, 0.15) is 5.82 Å². The molecule has 0 aromatic carbocycles. The fourth-order valence-corrected chi connectivity index (χ4v) is 1.11. The van der Waals surface area contributed by atoms with Crippen molar-refractivity contribution in [3.05, 3.63) is 5.82 Å². The van der Waals surface area contributed by atoms with Crippen molar-refractivity contribution in [2.45, 2.75) is 13.1 Å². The molecule has 7 heteroatoms. The van der Waals surface area contributed by atoms with Crippen molar-refractivity contribution in [1.82, 2.24) is 9.36 Å². The first-order chi connectivity index (χ1) is 5.47. The maximum atomic E-state index is 11.6. The third kappa shape index (κ3) is 3.04. The van der Waals surface area contributed by atoms with E-state index >= 15 is 0 Å². The minimum absolute atomic E-state index is 0.199. The Hall–Kier alpha value is -0.850. The molecule has 0 saturated carbocycles. The minimum Gasteiger partial charge on any atom is -0.351 e. The highest BCUT2D eigenvalue weighted by atomic mass is 32.1. The lowest BCUT2D eigenvalue weighted by molar-refractivity contribution is -0.115. The van der Waals surface area contributed by atoms with Crippen molar-refractivity contribution in [3.63, 3.8) is 0 Å². The van der Waals surface area contributed by atoms with Crippen LogP contribution in [0.3, 0.4) is 0 Å². The van der Waals surface area contributed by atoms with Gasteiger partial charge in [0.05, 0.1) is 0 Å². The highest BCUT2D eigenvalue weighted by Gasteiger charge is 2.27. The summed E-state index contributed by atoms with van der Waals surface area (Å²) in [5.74, 6) is 0.477. The number of nitrogens with zero attached hydrogens (tertiary/aromatic N) is 2. The summed E-state index contributed by atoms with van der Waals surface area (Å²) in [6.07, 6.45) is -4.21. The molecule has 0 aliphatic rings. The molecule has 1 heterocycles. The third-order valence-corrected chi connectivity index (χ3v) is 1.73. The summed E-state index contributed by atoms with van der Waals surface area (Å²) in [7, 11) is 0. The Labute approximate surface area is 70.8 Å². The molecule has 0 saturated heterocycles. The predicted octanol–water partition coefficient (Wildman–Crippen LogP) is 1.82. The van der Waals surface area contributed by atoms with E-state index < -0.39 is 12.7 Å². The van der Waals surface area contributed by atoms with Gasteiger partial charge in [0.25, 0.3) is 0 Å². The van der Waals surface area contributed by atoms with Gasteiger partial charge in [0.2, 0.25) is 5.13 Å². The molecular formula is C5H6F3N3S. The number of alkyl halides is 3. The summed E-state index contributed by atoms with van der Waals surface area (Å²) in [5, 5.41) is 2.32. The van der Waals surface area contributed by atoms with Gasteiger partial charge in [-0.15, -0.1) is 0 Å². The monoisotopic (exact) mass is 197 g/mol. The molecule has 0 spiro atoms. The summed E-state index contributed by atoms with van der Waals surface area (Å²) in [4.78, 5) is 3.71. The second kappa shape index (κ2) is 3.26. The van der Waals surface area contributed by atoms with E-state index in [0.717, 1.165) is 11.5 Å². The van der Waals surface area contributed by atoms with Crippen LogP contribution in [0.2, 0.25) is 0 Å². The van der Waals surface area contributed by atoms with Crippen molar-refractivity contribution in [2.75, 3.05) is 11.9 Å². The number of aromatic nitrogens is 2. The van der Waals surface area contributed by atoms with E-state index in [4.69, 9.17) is 0 Å². The first-order valence-electron chi connectivity index (χ1n) is 3.08. The van der Waals surface area contributed by atoms with Gasteiger partial charge in [-0.25, -0.2) is 4.98 Å². The molecule has 1 N–H and O–H groups in total. The van der Waals surface area contributed by atoms with Crippen LogP contribution in [0.15, 0.2) is 0 Å². The zero-order valence-corrected chi connectivity index (χ0v) is 6.96. The predicted molar refractivity (Wildman–Crippen MR) is 39.2 cm³/mol. The molecule has 0 atom stereocenters. The summed E-state index contributed by atoms with van der Waals surface area (Å²) in [5.41, 5.74) is 0. The zero-order chi connectivity index (χ0) is 9.19. The fraction of sp³-hybridized carbons (Fsp3) is 0.600. The van der Waals surface area contributed by atoms with Crippen molar-refractivity contribution in [3.8, 4) is 0 Å². The first-order valence-corrected chi connectivity index (χ1v) is 3.85. The van der Waals surface area contributed by atoms with Crippen LogP contribution in [-0.2, 0) is 0 Å². The maximum absolute atomic E-state index is 11.6. The topological polar surface area (TPSA) is 37.8 Å². The second-order valence-electron chi connectivity index (χ2n) is 2.12. The minimum atomic E-state index is -4.21. The number of aryl methyl sites for hydroxylation is 1. The summed E-state index contributed by atoms with van der Waals surface area (Å²) < 4.78 is 38.6. The molecule has 0 aliphatic heterocycles. The highest BCUT2D eigenvalue weighted by molar-refractivity contribution is 7.09. The Balaban J connectivity index is 2.44. The van der Waals surface area contributed by atoms with Gasteiger partial charge in [-0.05, 0) is 6.92 Å². The first kappa shape index (κ1) is 9.24. The molecule has 68 valence electrons. The average Bonchev–Trinajstić information content (AvgIpc) is 2.30. The molecule has 0 unspecified atom stereocenters. The highest BCUT2D eigenvalue weighted by Crippen LogP contribution is 2.17. The van der Waals surface area contributed by atoms with Gasteiger partial charge >= 0.3 is 6.18 Å². The normalized spacial score (nSPS) is 11.7. The largest absolute Gasteiger partial charge is 0.405 e. The Morgan fingerprint density at radius 1 is 1.50 bits per heavy atom. The molecule has 1 aromatic rings. The lowest BCUT2D eigenvalue weighted by atomic mass is 10.6. The smallest absolute Gasteiger partial charge is 0.351 e. The molecular weight excluding hydrogens is 191 g/mol. The van der Waals surface area contributed by atoms with Gasteiger partial charge < -0.3 is 5.32 Å². The third-order valence-electron chi connectivity index (χ3n) is 0.968. The van der Waals surface area contributed by atoms with E-state index in [2.05, 4.69) is 14.7 Å². The van der Waals surface area contributed by atoms with Crippen molar-refractivity contribution >= 4 is 16.7 Å². The van der Waals surface area contributed by atoms with Gasteiger partial charge in [0.15, 0.2) is 0 Å². The number of hydrogen-bond acceptors (Lipinski definition) is 4. The van der Waals surface area contributed by atoms with Crippen molar-refractivity contribution in [1.29, 1.82) is 0 Å². The van der Waals surface area contributed by atoms with Crippen LogP contribution >= 0.6 is 11.5 Å². The molecule has 0 fully saturated rings. The lowest BCUT2D eigenvalue weighted by Crippen LogP contribution is -2.21. The van der Waals surface area contributed by atoms with Crippen molar-refractivity contribution in [2.24, 2.45) is 0 Å². The van der Waals surface area contributed by atoms with E-state index in [1.54, 1.807) is 6.92 Å². The summed E-state index contributed by atoms with van der Waals surface area (Å²) >= 11 is 0.918. The van der Waals surface area contributed by atoms with E-state index in [1.165, 1.54) is 0 Å². The Bertz CT molecular complexity index is 257. The number of anilines is 1. The number of nitrogens with one attached hydrogen (secondary N) is 1. The van der Waals surface area contributed by atoms with Crippen LogP contribution in [-0.4, -0.2) is 22.1 Å². The van der Waals surface area contributed by atoms with Gasteiger partial charge in [0.1, 0.15) is 12.4 Å². The second-order valence-corrected chi connectivity index (χ2v) is 2.87. The van der Waals surface area contributed by atoms with E-state index in [1.807, 2.05) is 0 Å². The van der Waals surface area contributed by atoms with E-state index in [0.29, 0.717) is 5.82 Å². The quantitative estimate of drug-likeness (QED) is 0.785. The number of hydrogen-bond donors (Lipinski definition) is 1. The fourth-order valence-electron chi connectivity index (χ4n) is 0.545. The van der Waals surface area contributed by atoms with Crippen LogP contribution in [0.25, 0.3) is 0 Å². The van der Waals surface area contributed by atoms with Gasteiger partial charge in [-0.3, -0.25) is 0 Å². The number of halogens is 3. The van der Waals surface area contributed by atoms with E-state index in [9.17, 15) is 13.2 Å². The average molecular weight is 197 g/mol. The lowest BCUT2D eigenvalue weighted by Gasteiger charge is -2.05. The molecule has 1 rings (SSSR count). The molecule has 0 bridgehead atoms. The molecule has 0 aliphatic carbocycles. The van der Waals surface area contributed by atoms with Crippen LogP contribution in [0, 0.1) is 6.92 Å². The molecule has 12 heavy (non-hydrogen) atoms. The molecule has 1 aromatic heterocycles. The summed E-state index contributed by atoms with van der Waals surface area (Å²) in [6.45, 7) is 0.552. The Morgan fingerprint density at radius 3 is 2.58 bits per heavy atom. The summed E-state index contributed by atoms with van der Waals surface area (Å²) in [6, 6.07) is 0. The molecule has 3 nitrogen and oxygen atoms in total. The molecule has 0 radical (unpaired) electrons.